The maximum absolute atomic E-state index is 11.6. The summed E-state index contributed by atoms with van der Waals surface area (Å²) in [5.74, 6) is -1.22. The molecule has 5 heteroatoms. The SMILES string of the molecule is C=C(C)C(=O)OC(C)OC(=O)c1ccc(O)cc1. The van der Waals surface area contributed by atoms with Crippen molar-refractivity contribution >= 4 is 11.9 Å². The highest BCUT2D eigenvalue weighted by molar-refractivity contribution is 5.90. The van der Waals surface area contributed by atoms with Gasteiger partial charge in [-0.05, 0) is 31.2 Å². The lowest BCUT2D eigenvalue weighted by Gasteiger charge is -2.13. The Kier molecular flexibility index (Phi) is 4.48. The summed E-state index contributed by atoms with van der Waals surface area (Å²) in [5, 5.41) is 9.07. The summed E-state index contributed by atoms with van der Waals surface area (Å²) in [6.45, 7) is 6.34. The van der Waals surface area contributed by atoms with Gasteiger partial charge in [-0.1, -0.05) is 6.58 Å². The first kappa shape index (κ1) is 13.8. The number of esters is 2. The van der Waals surface area contributed by atoms with Crippen molar-refractivity contribution in [2.45, 2.75) is 20.1 Å². The summed E-state index contributed by atoms with van der Waals surface area (Å²) in [7, 11) is 0. The maximum atomic E-state index is 11.6. The van der Waals surface area contributed by atoms with Crippen LogP contribution in [0.1, 0.15) is 24.2 Å². The summed E-state index contributed by atoms with van der Waals surface area (Å²) in [6.07, 6.45) is -1.00. The number of benzene rings is 1. The summed E-state index contributed by atoms with van der Waals surface area (Å²) >= 11 is 0. The van der Waals surface area contributed by atoms with E-state index in [2.05, 4.69) is 6.58 Å². The van der Waals surface area contributed by atoms with Crippen molar-refractivity contribution in [3.63, 3.8) is 0 Å². The van der Waals surface area contributed by atoms with Crippen molar-refractivity contribution in [3.8, 4) is 5.75 Å². The van der Waals surface area contributed by atoms with Gasteiger partial charge in [0.05, 0.1) is 5.56 Å². The average molecular weight is 250 g/mol. The van der Waals surface area contributed by atoms with E-state index < -0.39 is 18.2 Å². The van der Waals surface area contributed by atoms with E-state index in [1.165, 1.54) is 38.1 Å². The lowest BCUT2D eigenvalue weighted by molar-refractivity contribution is -0.160. The summed E-state index contributed by atoms with van der Waals surface area (Å²) in [4.78, 5) is 22.8. The zero-order chi connectivity index (χ0) is 13.7. The van der Waals surface area contributed by atoms with Crippen LogP contribution in [0.5, 0.6) is 5.75 Å². The molecular formula is C13H14O5. The van der Waals surface area contributed by atoms with Gasteiger partial charge < -0.3 is 14.6 Å². The molecule has 0 spiro atoms. The second-order valence-electron chi connectivity index (χ2n) is 3.71. The molecule has 0 aliphatic carbocycles. The molecule has 96 valence electrons. The Bertz CT molecular complexity index is 461. The van der Waals surface area contributed by atoms with E-state index in [0.717, 1.165) is 0 Å². The first-order valence-electron chi connectivity index (χ1n) is 5.26. The number of phenols is 1. The van der Waals surface area contributed by atoms with Crippen molar-refractivity contribution < 1.29 is 24.2 Å². The van der Waals surface area contributed by atoms with Gasteiger partial charge in [0.2, 0.25) is 6.29 Å². The van der Waals surface area contributed by atoms with Gasteiger partial charge in [0.1, 0.15) is 5.75 Å². The van der Waals surface area contributed by atoms with Crippen LogP contribution in [0.15, 0.2) is 36.4 Å². The Labute approximate surface area is 105 Å². The third-order valence-corrected chi connectivity index (χ3v) is 2.00. The molecule has 18 heavy (non-hydrogen) atoms. The molecule has 0 aliphatic rings. The zero-order valence-electron chi connectivity index (χ0n) is 10.2. The van der Waals surface area contributed by atoms with Gasteiger partial charge in [-0.25, -0.2) is 9.59 Å². The van der Waals surface area contributed by atoms with E-state index in [1.807, 2.05) is 0 Å². The molecule has 1 aromatic rings. The topological polar surface area (TPSA) is 72.8 Å². The molecule has 0 amide bonds. The van der Waals surface area contributed by atoms with E-state index in [4.69, 9.17) is 14.6 Å². The maximum Gasteiger partial charge on any atom is 0.341 e. The van der Waals surface area contributed by atoms with Crippen LogP contribution in [0.2, 0.25) is 0 Å². The second kappa shape index (κ2) is 5.86. The first-order chi connectivity index (χ1) is 8.40. The third kappa shape index (κ3) is 3.93. The molecule has 1 aromatic carbocycles. The fourth-order valence-corrected chi connectivity index (χ4v) is 1.09. The zero-order valence-corrected chi connectivity index (χ0v) is 10.2. The van der Waals surface area contributed by atoms with Gasteiger partial charge in [0.25, 0.3) is 0 Å². The van der Waals surface area contributed by atoms with E-state index in [1.54, 1.807) is 0 Å². The molecule has 1 rings (SSSR count). The van der Waals surface area contributed by atoms with E-state index in [9.17, 15) is 9.59 Å². The van der Waals surface area contributed by atoms with Crippen molar-refractivity contribution in [1.82, 2.24) is 0 Å². The van der Waals surface area contributed by atoms with Gasteiger partial charge in [0, 0.05) is 12.5 Å². The first-order valence-corrected chi connectivity index (χ1v) is 5.26. The standard InChI is InChI=1S/C13H14O5/c1-8(2)12(15)17-9(3)18-13(16)10-4-6-11(14)7-5-10/h4-7,9,14H,1H2,2-3H3. The number of rotatable bonds is 4. The van der Waals surface area contributed by atoms with Gasteiger partial charge in [0.15, 0.2) is 0 Å². The van der Waals surface area contributed by atoms with Crippen LogP contribution in [0, 0.1) is 0 Å². The molecule has 1 unspecified atom stereocenters. The monoisotopic (exact) mass is 250 g/mol. The summed E-state index contributed by atoms with van der Waals surface area (Å²) in [6, 6.07) is 5.54. The largest absolute Gasteiger partial charge is 0.508 e. The number of phenolic OH excluding ortho intramolecular Hbond substituents is 1. The minimum atomic E-state index is -1.00. The molecule has 5 nitrogen and oxygen atoms in total. The number of ether oxygens (including phenoxy) is 2. The minimum absolute atomic E-state index is 0.0494. The van der Waals surface area contributed by atoms with Crippen molar-refractivity contribution in [2.24, 2.45) is 0 Å². The number of aromatic hydroxyl groups is 1. The average Bonchev–Trinajstić information content (AvgIpc) is 2.29. The number of hydrogen-bond acceptors (Lipinski definition) is 5. The van der Waals surface area contributed by atoms with Crippen LogP contribution in [0.25, 0.3) is 0 Å². The number of hydrogen-bond donors (Lipinski definition) is 1. The van der Waals surface area contributed by atoms with Crippen molar-refractivity contribution in [2.75, 3.05) is 0 Å². The van der Waals surface area contributed by atoms with Crippen molar-refractivity contribution in [3.05, 3.63) is 42.0 Å². The molecule has 0 heterocycles. The van der Waals surface area contributed by atoms with E-state index in [-0.39, 0.29) is 16.9 Å². The van der Waals surface area contributed by atoms with E-state index in [0.29, 0.717) is 0 Å². The molecule has 0 fully saturated rings. The van der Waals surface area contributed by atoms with Gasteiger partial charge in [-0.15, -0.1) is 0 Å². The molecule has 0 bridgehead atoms. The molecular weight excluding hydrogens is 236 g/mol. The second-order valence-corrected chi connectivity index (χ2v) is 3.71. The fraction of sp³-hybridized carbons (Fsp3) is 0.231. The minimum Gasteiger partial charge on any atom is -0.508 e. The highest BCUT2D eigenvalue weighted by Crippen LogP contribution is 2.12. The summed E-state index contributed by atoms with van der Waals surface area (Å²) < 4.78 is 9.69. The fourth-order valence-electron chi connectivity index (χ4n) is 1.09. The Morgan fingerprint density at radius 1 is 1.22 bits per heavy atom. The lowest BCUT2D eigenvalue weighted by Crippen LogP contribution is -2.22. The van der Waals surface area contributed by atoms with Crippen LogP contribution in [0.4, 0.5) is 0 Å². The third-order valence-electron chi connectivity index (χ3n) is 2.00. The molecule has 1 atom stereocenters. The lowest BCUT2D eigenvalue weighted by atomic mass is 10.2. The normalized spacial score (nSPS) is 11.4. The van der Waals surface area contributed by atoms with Crippen LogP contribution in [-0.4, -0.2) is 23.3 Å². The van der Waals surface area contributed by atoms with Gasteiger partial charge in [-0.2, -0.15) is 0 Å². The molecule has 1 N–H and O–H groups in total. The molecule has 0 aliphatic heterocycles. The quantitative estimate of drug-likeness (QED) is 0.502. The molecule has 0 aromatic heterocycles. The van der Waals surface area contributed by atoms with E-state index >= 15 is 0 Å². The molecule has 0 radical (unpaired) electrons. The van der Waals surface area contributed by atoms with Gasteiger partial charge in [-0.3, -0.25) is 0 Å². The predicted octanol–water partition coefficient (Wildman–Crippen LogP) is 2.01. The van der Waals surface area contributed by atoms with Gasteiger partial charge >= 0.3 is 11.9 Å². The van der Waals surface area contributed by atoms with Crippen molar-refractivity contribution in [1.29, 1.82) is 0 Å². The smallest absolute Gasteiger partial charge is 0.341 e. The number of carbonyl (C=O) groups is 2. The molecule has 0 saturated heterocycles. The molecule has 0 saturated carbocycles. The highest BCUT2D eigenvalue weighted by Gasteiger charge is 2.15. The Balaban J connectivity index is 2.57. The van der Waals surface area contributed by atoms with Crippen LogP contribution in [-0.2, 0) is 14.3 Å². The predicted molar refractivity (Wildman–Crippen MR) is 63.9 cm³/mol. The van der Waals surface area contributed by atoms with Crippen LogP contribution < -0.4 is 0 Å². The van der Waals surface area contributed by atoms with Crippen LogP contribution in [0.3, 0.4) is 0 Å². The Morgan fingerprint density at radius 3 is 2.28 bits per heavy atom. The van der Waals surface area contributed by atoms with Crippen LogP contribution >= 0.6 is 0 Å². The summed E-state index contributed by atoms with van der Waals surface area (Å²) in [5.41, 5.74) is 0.480. The highest BCUT2D eigenvalue weighted by atomic mass is 16.7. The number of carbonyl (C=O) groups excluding carboxylic acids is 2. The Hall–Kier alpha value is -2.30. The Morgan fingerprint density at radius 2 is 1.78 bits per heavy atom.